The number of nitrogens with one attached hydrogen (secondary N) is 1. The maximum atomic E-state index is 12.9. The van der Waals surface area contributed by atoms with Gasteiger partial charge in [0, 0.05) is 30.7 Å². The van der Waals surface area contributed by atoms with E-state index in [0.29, 0.717) is 17.0 Å². The molecule has 1 N–H and O–H groups in total. The minimum atomic E-state index is -0.156. The van der Waals surface area contributed by atoms with Crippen LogP contribution in [0.3, 0.4) is 0 Å². The highest BCUT2D eigenvalue weighted by Gasteiger charge is 2.27. The average Bonchev–Trinajstić information content (AvgIpc) is 3.29. The van der Waals surface area contributed by atoms with Crippen LogP contribution in [0.5, 0.6) is 5.75 Å². The molecule has 0 saturated carbocycles. The van der Waals surface area contributed by atoms with E-state index in [1.165, 1.54) is 11.8 Å². The summed E-state index contributed by atoms with van der Waals surface area (Å²) in [7, 11) is 3.35. The second kappa shape index (κ2) is 8.93. The lowest BCUT2D eigenvalue weighted by Crippen LogP contribution is -2.33. The summed E-state index contributed by atoms with van der Waals surface area (Å²) < 4.78 is 10.8. The van der Waals surface area contributed by atoms with Crippen LogP contribution in [0.4, 0.5) is 5.69 Å². The van der Waals surface area contributed by atoms with Crippen molar-refractivity contribution < 1.29 is 19.1 Å². The fourth-order valence-electron chi connectivity index (χ4n) is 3.53. The predicted molar refractivity (Wildman–Crippen MR) is 118 cm³/mol. The smallest absolute Gasteiger partial charge is 0.264 e. The minimum absolute atomic E-state index is 0.0932. The van der Waals surface area contributed by atoms with Crippen LogP contribution in [0, 0.1) is 0 Å². The lowest BCUT2D eigenvalue weighted by atomic mass is 10.1. The molecule has 0 aromatic heterocycles. The first kappa shape index (κ1) is 20.5. The van der Waals surface area contributed by atoms with Gasteiger partial charge in [0.1, 0.15) is 5.75 Å². The number of anilines is 1. The molecule has 6 nitrogen and oxygen atoms in total. The van der Waals surface area contributed by atoms with Gasteiger partial charge < -0.3 is 19.7 Å². The van der Waals surface area contributed by atoms with Crippen molar-refractivity contribution in [3.05, 3.63) is 58.5 Å². The molecule has 2 amide bonds. The summed E-state index contributed by atoms with van der Waals surface area (Å²) >= 11 is 1.41. The van der Waals surface area contributed by atoms with Gasteiger partial charge in [0.25, 0.3) is 11.8 Å². The van der Waals surface area contributed by atoms with Gasteiger partial charge in [0.2, 0.25) is 0 Å². The molecule has 1 atom stereocenters. The van der Waals surface area contributed by atoms with Crippen molar-refractivity contribution >= 4 is 35.3 Å². The number of thioether (sulfide) groups is 1. The summed E-state index contributed by atoms with van der Waals surface area (Å²) in [6.45, 7) is 1.27. The van der Waals surface area contributed by atoms with Gasteiger partial charge in [-0.05, 0) is 54.8 Å². The lowest BCUT2D eigenvalue weighted by molar-refractivity contribution is -0.114. The molecule has 156 valence electrons. The summed E-state index contributed by atoms with van der Waals surface area (Å²) in [4.78, 5) is 28.6. The molecule has 1 fully saturated rings. The van der Waals surface area contributed by atoms with Crippen LogP contribution in [-0.4, -0.2) is 45.2 Å². The van der Waals surface area contributed by atoms with Gasteiger partial charge in [-0.15, -0.1) is 0 Å². The Morgan fingerprint density at radius 1 is 1.33 bits per heavy atom. The van der Waals surface area contributed by atoms with Gasteiger partial charge in [0.05, 0.1) is 23.8 Å². The summed E-state index contributed by atoms with van der Waals surface area (Å²) in [5, 5.41) is 2.93. The van der Waals surface area contributed by atoms with Gasteiger partial charge in [0.15, 0.2) is 0 Å². The highest BCUT2D eigenvalue weighted by Crippen LogP contribution is 2.42. The molecule has 1 unspecified atom stereocenters. The number of rotatable bonds is 5. The molecule has 2 aliphatic rings. The number of nitrogens with zero attached hydrogens (tertiary/aromatic N) is 1. The van der Waals surface area contributed by atoms with E-state index in [9.17, 15) is 9.59 Å². The average molecular weight is 425 g/mol. The summed E-state index contributed by atoms with van der Waals surface area (Å²) in [6.07, 6.45) is 3.96. The molecule has 2 aliphatic heterocycles. The zero-order chi connectivity index (χ0) is 21.1. The zero-order valence-electron chi connectivity index (χ0n) is 17.0. The number of carbonyl (C=O) groups excluding carboxylic acids is 2. The van der Waals surface area contributed by atoms with Crippen LogP contribution in [0.15, 0.2) is 52.3 Å². The van der Waals surface area contributed by atoms with Crippen molar-refractivity contribution in [1.29, 1.82) is 0 Å². The van der Waals surface area contributed by atoms with Crippen LogP contribution >= 0.6 is 11.8 Å². The topological polar surface area (TPSA) is 67.9 Å². The van der Waals surface area contributed by atoms with Crippen molar-refractivity contribution in [1.82, 2.24) is 5.32 Å². The maximum Gasteiger partial charge on any atom is 0.264 e. The third-order valence-electron chi connectivity index (χ3n) is 5.22. The molecule has 2 aromatic rings. The molecule has 0 spiro atoms. The number of likely N-dealkylation sites (N-methyl/N-ethyl adjacent to an activating group) is 1. The van der Waals surface area contributed by atoms with E-state index in [1.54, 1.807) is 31.2 Å². The number of fused-ring (bicyclic) bond motifs is 1. The largest absolute Gasteiger partial charge is 0.497 e. The van der Waals surface area contributed by atoms with Gasteiger partial charge in [-0.25, -0.2) is 0 Å². The summed E-state index contributed by atoms with van der Waals surface area (Å²) in [6, 6.07) is 13.0. The van der Waals surface area contributed by atoms with E-state index in [0.717, 1.165) is 41.3 Å². The fourth-order valence-corrected chi connectivity index (χ4v) is 4.62. The Hall–Kier alpha value is -2.77. The molecule has 1 saturated heterocycles. The monoisotopic (exact) mass is 424 g/mol. The molecule has 0 bridgehead atoms. The first-order valence-electron chi connectivity index (χ1n) is 9.90. The van der Waals surface area contributed by atoms with Gasteiger partial charge in [-0.3, -0.25) is 9.59 Å². The second-order valence-corrected chi connectivity index (χ2v) is 8.36. The normalized spacial score (nSPS) is 19.7. The highest BCUT2D eigenvalue weighted by molar-refractivity contribution is 8.04. The van der Waals surface area contributed by atoms with Gasteiger partial charge in [-0.1, -0.05) is 23.9 Å². The number of hydrogen-bond acceptors (Lipinski definition) is 5. The molecular weight excluding hydrogens is 400 g/mol. The van der Waals surface area contributed by atoms with Crippen molar-refractivity contribution in [3.8, 4) is 5.75 Å². The first-order valence-corrected chi connectivity index (χ1v) is 10.7. The molecule has 2 aromatic carbocycles. The third kappa shape index (κ3) is 4.37. The van der Waals surface area contributed by atoms with Crippen molar-refractivity contribution in [2.24, 2.45) is 0 Å². The molecule has 0 radical (unpaired) electrons. The number of ether oxygens (including phenoxy) is 2. The quantitative estimate of drug-likeness (QED) is 0.741. The Morgan fingerprint density at radius 2 is 2.20 bits per heavy atom. The fraction of sp³-hybridized carbons (Fsp3) is 0.304. The first-order chi connectivity index (χ1) is 14.5. The molecule has 30 heavy (non-hydrogen) atoms. The number of hydrogen-bond donors (Lipinski definition) is 1. The highest BCUT2D eigenvalue weighted by atomic mass is 32.2. The van der Waals surface area contributed by atoms with Crippen LogP contribution in [0.25, 0.3) is 6.08 Å². The van der Waals surface area contributed by atoms with Crippen LogP contribution in [0.1, 0.15) is 28.8 Å². The Bertz CT molecular complexity index is 998. The Morgan fingerprint density at radius 3 is 2.97 bits per heavy atom. The molecule has 7 heteroatoms. The SMILES string of the molecule is COc1cccc(/C=C2\Sc3ccc(C(=O)NCC4CCCO4)cc3N(C)C2=O)c1. The lowest BCUT2D eigenvalue weighted by Gasteiger charge is -2.27. The van der Waals surface area contributed by atoms with Crippen molar-refractivity contribution in [3.63, 3.8) is 0 Å². The van der Waals surface area contributed by atoms with E-state index in [1.807, 2.05) is 36.4 Å². The van der Waals surface area contributed by atoms with E-state index in [4.69, 9.17) is 9.47 Å². The summed E-state index contributed by atoms with van der Waals surface area (Å²) in [5.74, 6) is 0.481. The van der Waals surface area contributed by atoms with Gasteiger partial charge >= 0.3 is 0 Å². The Labute approximate surface area is 180 Å². The standard InChI is InChI=1S/C23H24N2O4S/c1-25-19-13-16(22(26)24-14-18-7-4-10-29-18)8-9-20(19)30-21(23(25)27)12-15-5-3-6-17(11-15)28-2/h3,5-6,8-9,11-13,18H,4,7,10,14H2,1-2H3,(H,24,26)/b21-12-. The van der Waals surface area contributed by atoms with Crippen molar-refractivity contribution in [2.75, 3.05) is 32.2 Å². The zero-order valence-corrected chi connectivity index (χ0v) is 17.8. The van der Waals surface area contributed by atoms with E-state index in [-0.39, 0.29) is 17.9 Å². The molecule has 0 aliphatic carbocycles. The van der Waals surface area contributed by atoms with E-state index in [2.05, 4.69) is 5.32 Å². The second-order valence-electron chi connectivity index (χ2n) is 7.28. The maximum absolute atomic E-state index is 12.9. The number of methoxy groups -OCH3 is 1. The molecule has 2 heterocycles. The minimum Gasteiger partial charge on any atom is -0.497 e. The van der Waals surface area contributed by atoms with Crippen LogP contribution in [-0.2, 0) is 9.53 Å². The van der Waals surface area contributed by atoms with Crippen molar-refractivity contribution in [2.45, 2.75) is 23.8 Å². The number of carbonyl (C=O) groups is 2. The Balaban J connectivity index is 1.52. The number of amides is 2. The molecular formula is C23H24N2O4S. The van der Waals surface area contributed by atoms with E-state index < -0.39 is 0 Å². The van der Waals surface area contributed by atoms with Crippen LogP contribution < -0.4 is 15.0 Å². The summed E-state index contributed by atoms with van der Waals surface area (Å²) in [5.41, 5.74) is 2.16. The van der Waals surface area contributed by atoms with E-state index >= 15 is 0 Å². The Kier molecular flexibility index (Phi) is 6.11. The molecule has 4 rings (SSSR count). The predicted octanol–water partition coefficient (Wildman–Crippen LogP) is 3.71. The van der Waals surface area contributed by atoms with Crippen LogP contribution in [0.2, 0.25) is 0 Å². The number of benzene rings is 2. The van der Waals surface area contributed by atoms with Gasteiger partial charge in [-0.2, -0.15) is 0 Å². The third-order valence-corrected chi connectivity index (χ3v) is 6.30.